The highest BCUT2D eigenvalue weighted by Gasteiger charge is 2.23. The maximum Gasteiger partial charge on any atom is 0.320 e. The van der Waals surface area contributed by atoms with Gasteiger partial charge < -0.3 is 5.32 Å². The molecular formula is C20H28FN5O. The molecule has 1 atom stereocenters. The molecule has 1 aromatic carbocycles. The highest BCUT2D eigenvalue weighted by molar-refractivity contribution is 5.89. The normalized spacial score (nSPS) is 17.7. The molecule has 27 heavy (non-hydrogen) atoms. The van der Waals surface area contributed by atoms with Crippen LogP contribution in [0.2, 0.25) is 0 Å². The van der Waals surface area contributed by atoms with E-state index in [1.165, 1.54) is 6.07 Å². The first-order valence-electron chi connectivity index (χ1n) is 9.53. The zero-order valence-corrected chi connectivity index (χ0v) is 16.3. The van der Waals surface area contributed by atoms with Gasteiger partial charge in [-0.05, 0) is 38.8 Å². The SMILES string of the molecule is CCc1nn(C)c(NC(=O)N[C@H]2CCCN(Cc3ccccc3F)C2)c1C. The number of anilines is 1. The fourth-order valence-corrected chi connectivity index (χ4v) is 3.71. The quantitative estimate of drug-likeness (QED) is 0.846. The Hall–Kier alpha value is -2.41. The van der Waals surface area contributed by atoms with Gasteiger partial charge in [-0.2, -0.15) is 5.10 Å². The van der Waals surface area contributed by atoms with E-state index < -0.39 is 0 Å². The van der Waals surface area contributed by atoms with Gasteiger partial charge in [-0.15, -0.1) is 0 Å². The number of nitrogens with one attached hydrogen (secondary N) is 2. The van der Waals surface area contributed by atoms with Crippen LogP contribution < -0.4 is 10.6 Å². The van der Waals surface area contributed by atoms with Crippen LogP contribution in [0.15, 0.2) is 24.3 Å². The number of carbonyl (C=O) groups is 1. The molecule has 3 rings (SSSR count). The molecule has 2 amide bonds. The van der Waals surface area contributed by atoms with Crippen LogP contribution in [0, 0.1) is 12.7 Å². The summed E-state index contributed by atoms with van der Waals surface area (Å²) in [4.78, 5) is 14.7. The molecule has 0 aliphatic carbocycles. The predicted octanol–water partition coefficient (Wildman–Crippen LogP) is 3.22. The number of halogens is 1. The lowest BCUT2D eigenvalue weighted by atomic mass is 10.0. The van der Waals surface area contributed by atoms with E-state index in [2.05, 4.69) is 20.6 Å². The Kier molecular flexibility index (Phi) is 6.11. The van der Waals surface area contributed by atoms with Crippen LogP contribution in [0.1, 0.15) is 36.6 Å². The van der Waals surface area contributed by atoms with E-state index in [4.69, 9.17) is 0 Å². The minimum Gasteiger partial charge on any atom is -0.334 e. The molecule has 2 heterocycles. The Morgan fingerprint density at radius 2 is 2.15 bits per heavy atom. The fourth-order valence-electron chi connectivity index (χ4n) is 3.71. The van der Waals surface area contributed by atoms with Crippen molar-refractivity contribution >= 4 is 11.8 Å². The lowest BCUT2D eigenvalue weighted by Gasteiger charge is -2.33. The number of likely N-dealkylation sites (tertiary alicyclic amines) is 1. The van der Waals surface area contributed by atoms with E-state index in [0.717, 1.165) is 42.9 Å². The Labute approximate surface area is 159 Å². The second-order valence-electron chi connectivity index (χ2n) is 7.16. The third kappa shape index (κ3) is 4.66. The highest BCUT2D eigenvalue weighted by Crippen LogP contribution is 2.19. The number of carbonyl (C=O) groups excluding carboxylic acids is 1. The van der Waals surface area contributed by atoms with Gasteiger partial charge in [0.15, 0.2) is 0 Å². The van der Waals surface area contributed by atoms with Crippen LogP contribution in [-0.2, 0) is 20.0 Å². The molecule has 0 radical (unpaired) electrons. The Morgan fingerprint density at radius 1 is 1.37 bits per heavy atom. The summed E-state index contributed by atoms with van der Waals surface area (Å²) >= 11 is 0. The molecule has 1 aromatic heterocycles. The summed E-state index contributed by atoms with van der Waals surface area (Å²) in [5, 5.41) is 10.4. The van der Waals surface area contributed by atoms with Crippen molar-refractivity contribution < 1.29 is 9.18 Å². The molecule has 1 fully saturated rings. The summed E-state index contributed by atoms with van der Waals surface area (Å²) < 4.78 is 15.6. The summed E-state index contributed by atoms with van der Waals surface area (Å²) in [6.07, 6.45) is 2.73. The molecule has 1 saturated heterocycles. The van der Waals surface area contributed by atoms with E-state index in [1.807, 2.05) is 33.0 Å². The number of hydrogen-bond donors (Lipinski definition) is 2. The van der Waals surface area contributed by atoms with Crippen molar-refractivity contribution in [2.75, 3.05) is 18.4 Å². The lowest BCUT2D eigenvalue weighted by molar-refractivity contribution is 0.181. The fraction of sp³-hybridized carbons (Fsp3) is 0.500. The van der Waals surface area contributed by atoms with Crippen LogP contribution in [0.5, 0.6) is 0 Å². The largest absolute Gasteiger partial charge is 0.334 e. The molecule has 0 unspecified atom stereocenters. The highest BCUT2D eigenvalue weighted by atomic mass is 19.1. The Morgan fingerprint density at radius 3 is 2.85 bits per heavy atom. The smallest absolute Gasteiger partial charge is 0.320 e. The molecule has 1 aliphatic rings. The number of piperidine rings is 1. The van der Waals surface area contributed by atoms with Crippen LogP contribution in [0.3, 0.4) is 0 Å². The summed E-state index contributed by atoms with van der Waals surface area (Å²) in [6, 6.07) is 6.69. The van der Waals surface area contributed by atoms with Crippen molar-refractivity contribution in [3.8, 4) is 0 Å². The van der Waals surface area contributed by atoms with Crippen molar-refractivity contribution in [3.63, 3.8) is 0 Å². The zero-order valence-electron chi connectivity index (χ0n) is 16.3. The minimum atomic E-state index is -0.221. The first-order valence-corrected chi connectivity index (χ1v) is 9.53. The van der Waals surface area contributed by atoms with E-state index in [1.54, 1.807) is 10.7 Å². The molecule has 0 spiro atoms. The number of aryl methyl sites for hydroxylation is 2. The number of urea groups is 1. The maximum absolute atomic E-state index is 13.9. The third-order valence-corrected chi connectivity index (χ3v) is 5.14. The molecule has 1 aliphatic heterocycles. The van der Waals surface area contributed by atoms with Gasteiger partial charge in [0.1, 0.15) is 11.6 Å². The van der Waals surface area contributed by atoms with Gasteiger partial charge in [0.25, 0.3) is 0 Å². The van der Waals surface area contributed by atoms with E-state index >= 15 is 0 Å². The Bertz CT molecular complexity index is 804. The maximum atomic E-state index is 13.9. The molecule has 0 saturated carbocycles. The summed E-state index contributed by atoms with van der Waals surface area (Å²) in [7, 11) is 1.83. The summed E-state index contributed by atoms with van der Waals surface area (Å²) in [5.41, 5.74) is 2.68. The molecule has 0 bridgehead atoms. The minimum absolute atomic E-state index is 0.0460. The predicted molar refractivity (Wildman–Crippen MR) is 104 cm³/mol. The molecule has 6 nitrogen and oxygen atoms in total. The van der Waals surface area contributed by atoms with E-state index in [9.17, 15) is 9.18 Å². The molecule has 2 N–H and O–H groups in total. The summed E-state index contributed by atoms with van der Waals surface area (Å²) in [5.74, 6) is 0.548. The number of rotatable bonds is 5. The number of amides is 2. The van der Waals surface area contributed by atoms with Crippen LogP contribution in [0.4, 0.5) is 15.0 Å². The first kappa shape index (κ1) is 19.4. The van der Waals surface area contributed by atoms with Gasteiger partial charge in [0, 0.05) is 37.3 Å². The standard InChI is InChI=1S/C20H28FN5O/c1-4-18-14(2)19(25(3)24-18)23-20(27)22-16-9-7-11-26(13-16)12-15-8-5-6-10-17(15)21/h5-6,8,10,16H,4,7,9,11-13H2,1-3H3,(H2,22,23,27)/t16-/m0/s1. The van der Waals surface area contributed by atoms with E-state index in [0.29, 0.717) is 18.7 Å². The lowest BCUT2D eigenvalue weighted by Crippen LogP contribution is -2.48. The van der Waals surface area contributed by atoms with Gasteiger partial charge >= 0.3 is 6.03 Å². The van der Waals surface area contributed by atoms with Crippen LogP contribution in [-0.4, -0.2) is 39.8 Å². The average Bonchev–Trinajstić information content (AvgIpc) is 2.91. The number of nitrogens with zero attached hydrogens (tertiary/aromatic N) is 3. The second-order valence-corrected chi connectivity index (χ2v) is 7.16. The van der Waals surface area contributed by atoms with Crippen molar-refractivity contribution in [1.82, 2.24) is 20.0 Å². The average molecular weight is 373 g/mol. The first-order chi connectivity index (χ1) is 13.0. The number of benzene rings is 1. The topological polar surface area (TPSA) is 62.2 Å². The van der Waals surface area contributed by atoms with Crippen LogP contribution in [0.25, 0.3) is 0 Å². The van der Waals surface area contributed by atoms with Gasteiger partial charge in [-0.25, -0.2) is 9.18 Å². The van der Waals surface area contributed by atoms with Gasteiger partial charge in [-0.1, -0.05) is 25.1 Å². The third-order valence-electron chi connectivity index (χ3n) is 5.14. The molecule has 146 valence electrons. The van der Waals surface area contributed by atoms with Crippen LogP contribution >= 0.6 is 0 Å². The monoisotopic (exact) mass is 373 g/mol. The van der Waals surface area contributed by atoms with Crippen molar-refractivity contribution in [2.45, 2.75) is 45.7 Å². The van der Waals surface area contributed by atoms with Crippen molar-refractivity contribution in [2.24, 2.45) is 7.05 Å². The zero-order chi connectivity index (χ0) is 19.4. The molecule has 2 aromatic rings. The van der Waals surface area contributed by atoms with Gasteiger partial charge in [-0.3, -0.25) is 14.9 Å². The summed E-state index contributed by atoms with van der Waals surface area (Å²) in [6.45, 7) is 6.21. The van der Waals surface area contributed by atoms with Crippen molar-refractivity contribution in [3.05, 3.63) is 46.9 Å². The van der Waals surface area contributed by atoms with Gasteiger partial charge in [0.2, 0.25) is 0 Å². The number of hydrogen-bond acceptors (Lipinski definition) is 3. The van der Waals surface area contributed by atoms with Gasteiger partial charge in [0.05, 0.1) is 5.69 Å². The number of aromatic nitrogens is 2. The molecule has 7 heteroatoms. The van der Waals surface area contributed by atoms with E-state index in [-0.39, 0.29) is 17.9 Å². The molecular weight excluding hydrogens is 345 g/mol. The Balaban J connectivity index is 1.57. The van der Waals surface area contributed by atoms with Crippen molar-refractivity contribution in [1.29, 1.82) is 0 Å². The second kappa shape index (κ2) is 8.52.